The summed E-state index contributed by atoms with van der Waals surface area (Å²) in [5.74, 6) is -0.716. The van der Waals surface area contributed by atoms with Gasteiger partial charge in [-0.3, -0.25) is 4.79 Å². The molecule has 0 aliphatic carbocycles. The third-order valence-corrected chi connectivity index (χ3v) is 2.57. The third-order valence-electron chi connectivity index (χ3n) is 1.95. The molecule has 5 heteroatoms. The maximum atomic E-state index is 13.3. The summed E-state index contributed by atoms with van der Waals surface area (Å²) in [6.45, 7) is 0. The second-order valence-corrected chi connectivity index (χ2v) is 3.67. The predicted molar refractivity (Wildman–Crippen MR) is 54.9 cm³/mol. The van der Waals surface area contributed by atoms with E-state index in [0.717, 1.165) is 12.3 Å². The summed E-state index contributed by atoms with van der Waals surface area (Å²) in [5, 5.41) is 8.91. The minimum absolute atomic E-state index is 0.0307. The molecule has 0 spiro atoms. The minimum atomic E-state index is -0.716. The van der Waals surface area contributed by atoms with Crippen LogP contribution in [0.5, 0.6) is 0 Å². The highest BCUT2D eigenvalue weighted by molar-refractivity contribution is 9.10. The fourth-order valence-corrected chi connectivity index (χ4v) is 1.87. The smallest absolute Gasteiger partial charge is 0.193 e. The first-order valence-electron chi connectivity index (χ1n) is 3.94. The van der Waals surface area contributed by atoms with Gasteiger partial charge in [-0.2, -0.15) is 5.26 Å². The number of nitrogens with zero attached hydrogens (tertiary/aromatic N) is 1. The van der Waals surface area contributed by atoms with Crippen molar-refractivity contribution in [2.45, 2.75) is 0 Å². The maximum Gasteiger partial charge on any atom is 0.193 e. The Hall–Kier alpha value is -1.67. The molecule has 0 saturated heterocycles. The summed E-state index contributed by atoms with van der Waals surface area (Å²) in [7, 11) is 0. The number of rotatable bonds is 0. The van der Waals surface area contributed by atoms with Crippen molar-refractivity contribution >= 4 is 26.9 Å². The molecule has 2 aromatic rings. The van der Waals surface area contributed by atoms with Crippen molar-refractivity contribution in [2.24, 2.45) is 0 Å². The van der Waals surface area contributed by atoms with E-state index in [0.29, 0.717) is 0 Å². The van der Waals surface area contributed by atoms with Crippen LogP contribution in [0.1, 0.15) is 5.56 Å². The molecule has 0 N–H and O–H groups in total. The van der Waals surface area contributed by atoms with Crippen LogP contribution in [-0.2, 0) is 0 Å². The van der Waals surface area contributed by atoms with Crippen molar-refractivity contribution in [3.8, 4) is 6.07 Å². The van der Waals surface area contributed by atoms with E-state index < -0.39 is 5.82 Å². The molecule has 3 nitrogen and oxygen atoms in total. The van der Waals surface area contributed by atoms with Gasteiger partial charge < -0.3 is 4.42 Å². The fraction of sp³-hybridized carbons (Fsp3) is 0. The van der Waals surface area contributed by atoms with Crippen LogP contribution in [0.2, 0.25) is 0 Å². The van der Waals surface area contributed by atoms with Crippen LogP contribution in [0.25, 0.3) is 11.0 Å². The molecular weight excluding hydrogens is 265 g/mol. The molecule has 0 bridgehead atoms. The Morgan fingerprint density at radius 2 is 2.27 bits per heavy atom. The zero-order valence-electron chi connectivity index (χ0n) is 7.25. The van der Waals surface area contributed by atoms with E-state index in [9.17, 15) is 9.18 Å². The lowest BCUT2D eigenvalue weighted by Crippen LogP contribution is -2.01. The highest BCUT2D eigenvalue weighted by atomic mass is 79.9. The van der Waals surface area contributed by atoms with Gasteiger partial charge in [0.1, 0.15) is 17.4 Å². The summed E-state index contributed by atoms with van der Waals surface area (Å²) in [5.41, 5.74) is -0.609. The van der Waals surface area contributed by atoms with E-state index in [2.05, 4.69) is 15.9 Å². The van der Waals surface area contributed by atoms with E-state index in [1.807, 2.05) is 0 Å². The van der Waals surface area contributed by atoms with Gasteiger partial charge in [-0.25, -0.2) is 4.39 Å². The highest BCUT2D eigenvalue weighted by Gasteiger charge is 2.14. The van der Waals surface area contributed by atoms with Gasteiger partial charge in [0, 0.05) is 10.5 Å². The van der Waals surface area contributed by atoms with Crippen molar-refractivity contribution in [3.05, 3.63) is 44.5 Å². The zero-order chi connectivity index (χ0) is 11.0. The monoisotopic (exact) mass is 267 g/mol. The molecule has 0 aliphatic rings. The molecule has 0 fully saturated rings. The topological polar surface area (TPSA) is 54.0 Å². The standard InChI is InChI=1S/C10H3BrFNO2/c11-6-3-7(12)5(4-13)10-9(6)8(14)1-2-15-10/h1-3H. The molecule has 0 unspecified atom stereocenters. The average Bonchev–Trinajstić information content (AvgIpc) is 2.17. The van der Waals surface area contributed by atoms with Gasteiger partial charge in [0.25, 0.3) is 0 Å². The molecule has 0 radical (unpaired) electrons. The lowest BCUT2D eigenvalue weighted by molar-refractivity contribution is 0.584. The van der Waals surface area contributed by atoms with Crippen molar-refractivity contribution < 1.29 is 8.81 Å². The Labute approximate surface area is 91.9 Å². The second kappa shape index (κ2) is 3.48. The largest absolute Gasteiger partial charge is 0.463 e. The number of halogens is 2. The zero-order valence-corrected chi connectivity index (χ0v) is 8.84. The first-order valence-corrected chi connectivity index (χ1v) is 4.74. The molecule has 1 heterocycles. The number of hydrogen-bond acceptors (Lipinski definition) is 3. The Kier molecular flexibility index (Phi) is 2.29. The summed E-state index contributed by atoms with van der Waals surface area (Å²) in [4.78, 5) is 11.5. The summed E-state index contributed by atoms with van der Waals surface area (Å²) in [6, 6.07) is 3.96. The van der Waals surface area contributed by atoms with Gasteiger partial charge in [0.15, 0.2) is 11.0 Å². The Balaban J connectivity index is 3.12. The van der Waals surface area contributed by atoms with Crippen LogP contribution in [0, 0.1) is 17.1 Å². The van der Waals surface area contributed by atoms with Gasteiger partial charge in [0.05, 0.1) is 11.6 Å². The van der Waals surface area contributed by atoms with Crippen LogP contribution in [0.4, 0.5) is 4.39 Å². The normalized spacial score (nSPS) is 10.2. The highest BCUT2D eigenvalue weighted by Crippen LogP contribution is 2.26. The van der Waals surface area contributed by atoms with Crippen molar-refractivity contribution in [1.29, 1.82) is 5.26 Å². The van der Waals surface area contributed by atoms with Crippen molar-refractivity contribution in [3.63, 3.8) is 0 Å². The molecule has 0 atom stereocenters. The van der Waals surface area contributed by atoms with Crippen LogP contribution >= 0.6 is 15.9 Å². The van der Waals surface area contributed by atoms with Crippen molar-refractivity contribution in [2.75, 3.05) is 0 Å². The fourth-order valence-electron chi connectivity index (χ4n) is 1.30. The lowest BCUT2D eigenvalue weighted by Gasteiger charge is -2.01. The first kappa shape index (κ1) is 9.87. The maximum absolute atomic E-state index is 13.3. The van der Waals surface area contributed by atoms with E-state index in [1.165, 1.54) is 6.07 Å². The average molecular weight is 268 g/mol. The number of hydrogen-bond donors (Lipinski definition) is 0. The van der Waals surface area contributed by atoms with E-state index in [1.54, 1.807) is 6.07 Å². The van der Waals surface area contributed by atoms with Crippen LogP contribution < -0.4 is 5.43 Å². The van der Waals surface area contributed by atoms with Crippen LogP contribution in [0.3, 0.4) is 0 Å². The predicted octanol–water partition coefficient (Wildman–Crippen LogP) is 2.57. The molecule has 1 aromatic heterocycles. The Morgan fingerprint density at radius 1 is 1.53 bits per heavy atom. The van der Waals surface area contributed by atoms with Gasteiger partial charge in [0.2, 0.25) is 0 Å². The van der Waals surface area contributed by atoms with Gasteiger partial charge >= 0.3 is 0 Å². The SMILES string of the molecule is N#Cc1c(F)cc(Br)c2c(=O)ccoc12. The summed E-state index contributed by atoms with van der Waals surface area (Å²) < 4.78 is 18.6. The lowest BCUT2D eigenvalue weighted by atomic mass is 10.1. The van der Waals surface area contributed by atoms with Gasteiger partial charge in [-0.05, 0) is 22.0 Å². The Bertz CT molecular complexity index is 642. The summed E-state index contributed by atoms with van der Waals surface area (Å²) >= 11 is 3.05. The second-order valence-electron chi connectivity index (χ2n) is 2.82. The third kappa shape index (κ3) is 1.43. The molecular formula is C10H3BrFNO2. The van der Waals surface area contributed by atoms with Crippen LogP contribution in [0.15, 0.2) is 32.1 Å². The first-order chi connectivity index (χ1) is 7.15. The van der Waals surface area contributed by atoms with Gasteiger partial charge in [-0.1, -0.05) is 0 Å². The molecule has 74 valence electrons. The van der Waals surface area contributed by atoms with E-state index in [4.69, 9.17) is 9.68 Å². The molecule has 0 saturated carbocycles. The molecule has 0 aliphatic heterocycles. The van der Waals surface area contributed by atoms with Crippen molar-refractivity contribution in [1.82, 2.24) is 0 Å². The Morgan fingerprint density at radius 3 is 2.93 bits per heavy atom. The van der Waals surface area contributed by atoms with E-state index >= 15 is 0 Å². The molecule has 2 rings (SSSR count). The van der Waals surface area contributed by atoms with Gasteiger partial charge in [-0.15, -0.1) is 0 Å². The van der Waals surface area contributed by atoms with E-state index in [-0.39, 0.29) is 26.4 Å². The number of benzene rings is 1. The molecule has 15 heavy (non-hydrogen) atoms. The number of nitriles is 1. The molecule has 0 amide bonds. The van der Waals surface area contributed by atoms with Crippen LogP contribution in [-0.4, -0.2) is 0 Å². The quantitative estimate of drug-likeness (QED) is 0.737. The minimum Gasteiger partial charge on any atom is -0.463 e. The number of fused-ring (bicyclic) bond motifs is 1. The summed E-state index contributed by atoms with van der Waals surface area (Å²) in [6.07, 6.45) is 1.14. The molecule has 1 aromatic carbocycles.